The molecule has 1 saturated heterocycles. The largest absolute Gasteiger partial charge is 0.427 e. The molecular weight excluding hydrogens is 536 g/mol. The van der Waals surface area contributed by atoms with Gasteiger partial charge in [0.2, 0.25) is 11.5 Å². The zero-order valence-corrected chi connectivity index (χ0v) is 20.2. The number of carbonyl (C=O) groups is 3. The van der Waals surface area contributed by atoms with Crippen LogP contribution < -0.4 is 0 Å². The summed E-state index contributed by atoms with van der Waals surface area (Å²) in [4.78, 5) is 40.2. The molecule has 2 aromatic rings. The van der Waals surface area contributed by atoms with Gasteiger partial charge in [-0.3, -0.25) is 9.59 Å². The number of rotatable bonds is 5. The lowest BCUT2D eigenvalue weighted by molar-refractivity contribution is -0.187. The first-order chi connectivity index (χ1) is 16.4. The van der Waals surface area contributed by atoms with Gasteiger partial charge < -0.3 is 9.64 Å². The number of alkyl halides is 3. The standard InChI is InChI=1S/C24H21BrF4N2O4/c1-14(24(27,28)29)30(12-15-4-7-18(26)8-5-15)20(32)13-31-21(33)23(35-22(31)34)10-2-3-16-11-17(25)6-9-19(16)23/h4-9,11,14H,2-3,10,12-13H2,1H3/t14-,23?/m0/s1. The molecule has 0 radical (unpaired) electrons. The molecular formula is C24H21BrF4N2O4. The Hall–Kier alpha value is -2.95. The molecule has 2 aliphatic rings. The second-order valence-electron chi connectivity index (χ2n) is 8.61. The Balaban J connectivity index is 1.60. The predicted molar refractivity (Wildman–Crippen MR) is 119 cm³/mol. The molecule has 1 aliphatic carbocycles. The highest BCUT2D eigenvalue weighted by molar-refractivity contribution is 9.10. The monoisotopic (exact) mass is 556 g/mol. The molecule has 1 aliphatic heterocycles. The highest BCUT2D eigenvalue weighted by Crippen LogP contribution is 2.44. The van der Waals surface area contributed by atoms with Crippen LogP contribution >= 0.6 is 15.9 Å². The fraction of sp³-hybridized carbons (Fsp3) is 0.375. The smallest absolute Gasteiger partial charge is 0.418 e. The highest BCUT2D eigenvalue weighted by atomic mass is 79.9. The topological polar surface area (TPSA) is 66.9 Å². The van der Waals surface area contributed by atoms with E-state index < -0.39 is 54.6 Å². The van der Waals surface area contributed by atoms with Gasteiger partial charge in [0.15, 0.2) is 0 Å². The van der Waals surface area contributed by atoms with Gasteiger partial charge in [0.05, 0.1) is 0 Å². The molecule has 4 rings (SSSR count). The fourth-order valence-electron chi connectivity index (χ4n) is 4.47. The average molecular weight is 557 g/mol. The SMILES string of the molecule is C[C@H](N(Cc1ccc(F)cc1)C(=O)CN1C(=O)OC2(CCCc3cc(Br)ccc32)C1=O)C(F)(F)F. The van der Waals surface area contributed by atoms with E-state index in [1.165, 1.54) is 12.1 Å². The summed E-state index contributed by atoms with van der Waals surface area (Å²) >= 11 is 3.37. The van der Waals surface area contributed by atoms with Crippen LogP contribution in [0.1, 0.15) is 36.5 Å². The molecule has 2 atom stereocenters. The lowest BCUT2D eigenvalue weighted by atomic mass is 9.78. The summed E-state index contributed by atoms with van der Waals surface area (Å²) in [7, 11) is 0. The zero-order chi connectivity index (χ0) is 25.5. The van der Waals surface area contributed by atoms with Crippen molar-refractivity contribution in [2.75, 3.05) is 6.54 Å². The van der Waals surface area contributed by atoms with Crippen molar-refractivity contribution in [3.8, 4) is 0 Å². The van der Waals surface area contributed by atoms with Crippen molar-refractivity contribution in [1.29, 1.82) is 0 Å². The first-order valence-electron chi connectivity index (χ1n) is 10.9. The normalized spacial score (nSPS) is 20.6. The van der Waals surface area contributed by atoms with Crippen LogP contribution in [0.25, 0.3) is 0 Å². The van der Waals surface area contributed by atoms with Gasteiger partial charge in [-0.1, -0.05) is 34.1 Å². The summed E-state index contributed by atoms with van der Waals surface area (Å²) in [6.45, 7) is -0.589. The molecule has 3 amide bonds. The molecule has 1 heterocycles. The van der Waals surface area contributed by atoms with Gasteiger partial charge in [0.1, 0.15) is 18.4 Å². The van der Waals surface area contributed by atoms with E-state index >= 15 is 0 Å². The molecule has 0 aromatic heterocycles. The first kappa shape index (κ1) is 25.2. The number of amides is 3. The van der Waals surface area contributed by atoms with E-state index in [1.807, 2.05) is 6.07 Å². The molecule has 6 nitrogen and oxygen atoms in total. The lowest BCUT2D eigenvalue weighted by Gasteiger charge is -2.33. The highest BCUT2D eigenvalue weighted by Gasteiger charge is 2.57. The molecule has 1 fully saturated rings. The Kier molecular flexibility index (Phi) is 6.65. The Bertz CT molecular complexity index is 1170. The molecule has 1 unspecified atom stereocenters. The van der Waals surface area contributed by atoms with Gasteiger partial charge in [0.25, 0.3) is 5.91 Å². The molecule has 0 saturated carbocycles. The maximum atomic E-state index is 13.5. The van der Waals surface area contributed by atoms with E-state index in [4.69, 9.17) is 4.74 Å². The van der Waals surface area contributed by atoms with Crippen LogP contribution in [-0.4, -0.2) is 46.5 Å². The maximum Gasteiger partial charge on any atom is 0.418 e. The van der Waals surface area contributed by atoms with Gasteiger partial charge in [-0.25, -0.2) is 14.1 Å². The van der Waals surface area contributed by atoms with Crippen molar-refractivity contribution < 1.29 is 36.7 Å². The Morgan fingerprint density at radius 3 is 2.54 bits per heavy atom. The van der Waals surface area contributed by atoms with Gasteiger partial charge >= 0.3 is 12.3 Å². The van der Waals surface area contributed by atoms with Crippen LogP contribution in [-0.2, 0) is 32.9 Å². The minimum atomic E-state index is -4.76. The molecule has 2 aromatic carbocycles. The molecule has 1 spiro atoms. The third-order valence-corrected chi connectivity index (χ3v) is 6.86. The Morgan fingerprint density at radius 2 is 1.89 bits per heavy atom. The van der Waals surface area contributed by atoms with Crippen LogP contribution in [0.2, 0.25) is 0 Å². The third-order valence-electron chi connectivity index (χ3n) is 6.37. The third kappa shape index (κ3) is 4.78. The van der Waals surface area contributed by atoms with E-state index in [0.717, 1.165) is 29.1 Å². The number of imide groups is 1. The number of carbonyl (C=O) groups excluding carboxylic acids is 3. The van der Waals surface area contributed by atoms with Crippen LogP contribution in [0, 0.1) is 5.82 Å². The second kappa shape index (κ2) is 9.25. The van der Waals surface area contributed by atoms with E-state index in [2.05, 4.69) is 15.9 Å². The quantitative estimate of drug-likeness (QED) is 0.482. The van der Waals surface area contributed by atoms with Gasteiger partial charge in [0, 0.05) is 23.0 Å². The summed E-state index contributed by atoms with van der Waals surface area (Å²) in [6.07, 6.45) is -4.43. The van der Waals surface area contributed by atoms with Crippen molar-refractivity contribution in [3.05, 3.63) is 69.4 Å². The van der Waals surface area contributed by atoms with Crippen LogP contribution in [0.4, 0.5) is 22.4 Å². The average Bonchev–Trinajstić information content (AvgIpc) is 3.02. The number of aryl methyl sites for hydroxylation is 1. The lowest BCUT2D eigenvalue weighted by Crippen LogP contribution is -2.51. The van der Waals surface area contributed by atoms with Crippen LogP contribution in [0.5, 0.6) is 0 Å². The van der Waals surface area contributed by atoms with Crippen molar-refractivity contribution in [1.82, 2.24) is 9.80 Å². The maximum absolute atomic E-state index is 13.5. The number of fused-ring (bicyclic) bond motifs is 2. The van der Waals surface area contributed by atoms with E-state index in [9.17, 15) is 31.9 Å². The molecule has 11 heteroatoms. The van der Waals surface area contributed by atoms with Gasteiger partial charge in [-0.05, 0) is 55.2 Å². The van der Waals surface area contributed by atoms with E-state index in [-0.39, 0.29) is 12.0 Å². The van der Waals surface area contributed by atoms with Crippen molar-refractivity contribution in [2.24, 2.45) is 0 Å². The summed E-state index contributed by atoms with van der Waals surface area (Å²) < 4.78 is 60.2. The summed E-state index contributed by atoms with van der Waals surface area (Å²) in [5, 5.41) is 0. The minimum absolute atomic E-state index is 0.204. The minimum Gasteiger partial charge on any atom is -0.427 e. The first-order valence-corrected chi connectivity index (χ1v) is 11.7. The van der Waals surface area contributed by atoms with Crippen LogP contribution in [0.3, 0.4) is 0 Å². The van der Waals surface area contributed by atoms with Crippen molar-refractivity contribution in [2.45, 2.75) is 50.6 Å². The second-order valence-corrected chi connectivity index (χ2v) is 9.52. The Morgan fingerprint density at radius 1 is 1.20 bits per heavy atom. The Labute approximate surface area is 207 Å². The summed E-state index contributed by atoms with van der Waals surface area (Å²) in [6, 6.07) is 7.65. The predicted octanol–water partition coefficient (Wildman–Crippen LogP) is 5.08. The van der Waals surface area contributed by atoms with Crippen molar-refractivity contribution in [3.63, 3.8) is 0 Å². The summed E-state index contributed by atoms with van der Waals surface area (Å²) in [5.74, 6) is -2.44. The number of nitrogens with zero attached hydrogens (tertiary/aromatic N) is 2. The molecule has 0 bridgehead atoms. The summed E-state index contributed by atoms with van der Waals surface area (Å²) in [5.41, 5.74) is -0.0339. The number of halogens is 5. The van der Waals surface area contributed by atoms with E-state index in [0.29, 0.717) is 28.2 Å². The van der Waals surface area contributed by atoms with Crippen molar-refractivity contribution >= 4 is 33.8 Å². The van der Waals surface area contributed by atoms with Crippen LogP contribution in [0.15, 0.2) is 46.9 Å². The zero-order valence-electron chi connectivity index (χ0n) is 18.6. The number of benzene rings is 2. The van der Waals surface area contributed by atoms with Gasteiger partial charge in [-0.15, -0.1) is 0 Å². The number of ether oxygens (including phenoxy) is 1. The number of hydrogen-bond acceptors (Lipinski definition) is 4. The number of hydrogen-bond donors (Lipinski definition) is 0. The molecule has 35 heavy (non-hydrogen) atoms. The van der Waals surface area contributed by atoms with E-state index in [1.54, 1.807) is 12.1 Å². The molecule has 186 valence electrons. The van der Waals surface area contributed by atoms with Gasteiger partial charge in [-0.2, -0.15) is 13.2 Å². The fourth-order valence-corrected chi connectivity index (χ4v) is 4.88. The molecule has 0 N–H and O–H groups in total.